The first-order valence-corrected chi connectivity index (χ1v) is 13.1. The lowest BCUT2D eigenvalue weighted by Crippen LogP contribution is -2.35. The van der Waals surface area contributed by atoms with Crippen molar-refractivity contribution < 1.29 is 4.79 Å². The molecule has 1 aliphatic carbocycles. The first-order chi connectivity index (χ1) is 17.1. The van der Waals surface area contributed by atoms with Crippen LogP contribution in [-0.2, 0) is 4.79 Å². The smallest absolute Gasteiger partial charge is 0.227 e. The van der Waals surface area contributed by atoms with Gasteiger partial charge in [-0.2, -0.15) is 9.61 Å². The highest BCUT2D eigenvalue weighted by Gasteiger charge is 2.31. The van der Waals surface area contributed by atoms with Gasteiger partial charge in [0.05, 0.1) is 22.3 Å². The number of nitrogens with one attached hydrogen (secondary N) is 2. The van der Waals surface area contributed by atoms with Crippen molar-refractivity contribution in [2.75, 3.05) is 18.4 Å². The highest BCUT2D eigenvalue weighted by Crippen LogP contribution is 2.37. The van der Waals surface area contributed by atoms with E-state index in [-0.39, 0.29) is 11.8 Å². The van der Waals surface area contributed by atoms with Gasteiger partial charge in [0.1, 0.15) is 5.82 Å². The van der Waals surface area contributed by atoms with Gasteiger partial charge >= 0.3 is 0 Å². The SMILES string of the molecule is O=C(NCCNc1cc(-c2ccccc2Cl)nc2c(Br)cnn12)C(c1ccccc1)C1CCCC1. The predicted molar refractivity (Wildman–Crippen MR) is 144 cm³/mol. The molecule has 4 aromatic rings. The van der Waals surface area contributed by atoms with Crippen molar-refractivity contribution in [1.29, 1.82) is 0 Å². The molecule has 0 saturated heterocycles. The van der Waals surface area contributed by atoms with E-state index in [4.69, 9.17) is 16.6 Å². The zero-order valence-corrected chi connectivity index (χ0v) is 21.6. The third-order valence-electron chi connectivity index (χ3n) is 6.62. The number of aromatic nitrogens is 3. The summed E-state index contributed by atoms with van der Waals surface area (Å²) in [7, 11) is 0. The third kappa shape index (κ3) is 5.21. The second-order valence-electron chi connectivity index (χ2n) is 8.89. The van der Waals surface area contributed by atoms with Gasteiger partial charge < -0.3 is 10.6 Å². The molecule has 35 heavy (non-hydrogen) atoms. The Bertz CT molecular complexity index is 1320. The molecular weight excluding hydrogens is 526 g/mol. The maximum Gasteiger partial charge on any atom is 0.227 e. The lowest BCUT2D eigenvalue weighted by Gasteiger charge is -2.23. The molecule has 1 fully saturated rings. The highest BCUT2D eigenvalue weighted by molar-refractivity contribution is 9.10. The Balaban J connectivity index is 1.30. The fourth-order valence-electron chi connectivity index (χ4n) is 4.94. The molecule has 0 radical (unpaired) electrons. The quantitative estimate of drug-likeness (QED) is 0.251. The first-order valence-electron chi connectivity index (χ1n) is 12.0. The molecule has 0 aliphatic heterocycles. The van der Waals surface area contributed by atoms with Crippen LogP contribution < -0.4 is 10.6 Å². The summed E-state index contributed by atoms with van der Waals surface area (Å²) in [6, 6.07) is 19.7. The molecule has 1 atom stereocenters. The summed E-state index contributed by atoms with van der Waals surface area (Å²) in [5.74, 6) is 1.19. The van der Waals surface area contributed by atoms with E-state index in [0.29, 0.717) is 29.7 Å². The summed E-state index contributed by atoms with van der Waals surface area (Å²) < 4.78 is 2.54. The number of hydrogen-bond donors (Lipinski definition) is 2. The molecule has 0 spiro atoms. The number of amides is 1. The number of carbonyl (C=O) groups is 1. The van der Waals surface area contributed by atoms with Crippen LogP contribution in [0.1, 0.15) is 37.2 Å². The predicted octanol–water partition coefficient (Wildman–Crippen LogP) is 6.31. The van der Waals surface area contributed by atoms with Crippen LogP contribution in [0.2, 0.25) is 5.02 Å². The van der Waals surface area contributed by atoms with Crippen molar-refractivity contribution in [2.45, 2.75) is 31.6 Å². The molecule has 180 valence electrons. The minimum atomic E-state index is -0.0970. The largest absolute Gasteiger partial charge is 0.368 e. The van der Waals surface area contributed by atoms with Gasteiger partial charge in [0, 0.05) is 29.7 Å². The fourth-order valence-corrected chi connectivity index (χ4v) is 5.52. The van der Waals surface area contributed by atoms with E-state index in [1.165, 1.54) is 12.8 Å². The van der Waals surface area contributed by atoms with E-state index in [1.54, 1.807) is 10.7 Å². The van der Waals surface area contributed by atoms with Crippen LogP contribution in [-0.4, -0.2) is 33.6 Å². The lowest BCUT2D eigenvalue weighted by molar-refractivity contribution is -0.123. The number of nitrogens with zero attached hydrogens (tertiary/aromatic N) is 3. The third-order valence-corrected chi connectivity index (χ3v) is 7.51. The van der Waals surface area contributed by atoms with Crippen LogP contribution in [0.4, 0.5) is 5.82 Å². The van der Waals surface area contributed by atoms with E-state index in [9.17, 15) is 4.79 Å². The normalized spacial score (nSPS) is 14.8. The van der Waals surface area contributed by atoms with Gasteiger partial charge in [-0.05, 0) is 46.3 Å². The van der Waals surface area contributed by atoms with E-state index in [1.807, 2.05) is 48.5 Å². The number of fused-ring (bicyclic) bond motifs is 1. The Kier molecular flexibility index (Phi) is 7.35. The molecule has 8 heteroatoms. The Morgan fingerprint density at radius 3 is 2.60 bits per heavy atom. The number of carbonyl (C=O) groups excluding carboxylic acids is 1. The first kappa shape index (κ1) is 23.8. The fraction of sp³-hybridized carbons (Fsp3) is 0.296. The van der Waals surface area contributed by atoms with Gasteiger partial charge in [-0.3, -0.25) is 4.79 Å². The minimum Gasteiger partial charge on any atom is -0.368 e. The van der Waals surface area contributed by atoms with E-state index >= 15 is 0 Å². The van der Waals surface area contributed by atoms with Gasteiger partial charge in [-0.25, -0.2) is 4.98 Å². The maximum atomic E-state index is 13.2. The van der Waals surface area contributed by atoms with E-state index < -0.39 is 0 Å². The van der Waals surface area contributed by atoms with Crippen LogP contribution in [0.5, 0.6) is 0 Å². The van der Waals surface area contributed by atoms with Gasteiger partial charge in [-0.1, -0.05) is 73.0 Å². The molecule has 1 saturated carbocycles. The molecule has 2 aromatic carbocycles. The van der Waals surface area contributed by atoms with Crippen LogP contribution in [0.25, 0.3) is 16.9 Å². The minimum absolute atomic E-state index is 0.0970. The molecular formula is C27H27BrClN5O. The lowest BCUT2D eigenvalue weighted by atomic mass is 9.84. The van der Waals surface area contributed by atoms with Crippen molar-refractivity contribution in [3.8, 4) is 11.3 Å². The van der Waals surface area contributed by atoms with Crippen molar-refractivity contribution >= 4 is 44.9 Å². The van der Waals surface area contributed by atoms with Crippen molar-refractivity contribution in [3.05, 3.63) is 81.9 Å². The van der Waals surface area contributed by atoms with Gasteiger partial charge in [0.15, 0.2) is 5.65 Å². The zero-order valence-electron chi connectivity index (χ0n) is 19.3. The Morgan fingerprint density at radius 2 is 1.83 bits per heavy atom. The summed E-state index contributed by atoms with van der Waals surface area (Å²) >= 11 is 9.96. The summed E-state index contributed by atoms with van der Waals surface area (Å²) in [5, 5.41) is 11.6. The molecule has 2 heterocycles. The topological polar surface area (TPSA) is 71.3 Å². The average Bonchev–Trinajstić information content (AvgIpc) is 3.53. The molecule has 5 rings (SSSR count). The average molecular weight is 553 g/mol. The monoisotopic (exact) mass is 551 g/mol. The number of hydrogen-bond acceptors (Lipinski definition) is 4. The Morgan fingerprint density at radius 1 is 1.09 bits per heavy atom. The molecule has 1 aliphatic rings. The second kappa shape index (κ2) is 10.8. The van der Waals surface area contributed by atoms with E-state index in [0.717, 1.165) is 40.0 Å². The number of benzene rings is 2. The maximum absolute atomic E-state index is 13.2. The zero-order chi connectivity index (χ0) is 24.2. The number of halogens is 2. The highest BCUT2D eigenvalue weighted by atomic mass is 79.9. The molecule has 1 amide bonds. The molecule has 2 aromatic heterocycles. The number of anilines is 1. The molecule has 1 unspecified atom stereocenters. The van der Waals surface area contributed by atoms with Gasteiger partial charge in [0.2, 0.25) is 5.91 Å². The van der Waals surface area contributed by atoms with Crippen LogP contribution >= 0.6 is 27.5 Å². The van der Waals surface area contributed by atoms with Gasteiger partial charge in [-0.15, -0.1) is 0 Å². The summed E-state index contributed by atoms with van der Waals surface area (Å²) in [4.78, 5) is 18.0. The molecule has 2 N–H and O–H groups in total. The summed E-state index contributed by atoms with van der Waals surface area (Å²) in [6.45, 7) is 1.05. The second-order valence-corrected chi connectivity index (χ2v) is 10.1. The number of rotatable bonds is 8. The van der Waals surface area contributed by atoms with Crippen LogP contribution in [0.15, 0.2) is 71.3 Å². The Hall–Kier alpha value is -2.90. The van der Waals surface area contributed by atoms with Crippen molar-refractivity contribution in [2.24, 2.45) is 5.92 Å². The Labute approximate surface area is 218 Å². The van der Waals surface area contributed by atoms with Crippen LogP contribution in [0, 0.1) is 5.92 Å². The van der Waals surface area contributed by atoms with E-state index in [2.05, 4.69) is 43.8 Å². The molecule has 0 bridgehead atoms. The van der Waals surface area contributed by atoms with Crippen LogP contribution in [0.3, 0.4) is 0 Å². The summed E-state index contributed by atoms with van der Waals surface area (Å²) in [6.07, 6.45) is 6.35. The van der Waals surface area contributed by atoms with Crippen molar-refractivity contribution in [1.82, 2.24) is 19.9 Å². The van der Waals surface area contributed by atoms with Gasteiger partial charge in [0.25, 0.3) is 0 Å². The standard InChI is InChI=1S/C27H27BrClN5O/c28-21-17-32-34-24(16-23(33-26(21)34)20-12-6-7-13-22(20)29)30-14-15-31-27(35)25(19-10-4-5-11-19)18-8-2-1-3-9-18/h1-3,6-9,12-13,16-17,19,25,30H,4-5,10-11,14-15H2,(H,31,35). The summed E-state index contributed by atoms with van der Waals surface area (Å²) in [5.41, 5.74) is 3.40. The molecule has 6 nitrogen and oxygen atoms in total. The van der Waals surface area contributed by atoms with Crippen molar-refractivity contribution in [3.63, 3.8) is 0 Å².